The van der Waals surface area contributed by atoms with Gasteiger partial charge in [-0.3, -0.25) is 4.90 Å². The number of pyridine rings is 1. The van der Waals surface area contributed by atoms with Crippen LogP contribution in [0.4, 0.5) is 5.69 Å². The predicted octanol–water partition coefficient (Wildman–Crippen LogP) is 6.60. The summed E-state index contributed by atoms with van der Waals surface area (Å²) < 4.78 is 23.8. The van der Waals surface area contributed by atoms with Crippen molar-refractivity contribution in [3.8, 4) is 11.5 Å². The molecule has 2 unspecified atom stereocenters. The van der Waals surface area contributed by atoms with Crippen LogP contribution in [0, 0.1) is 11.1 Å². The maximum Gasteiger partial charge on any atom is 0.338 e. The molecule has 0 N–H and O–H groups in total. The van der Waals surface area contributed by atoms with E-state index in [1.807, 2.05) is 48.3 Å². The predicted molar refractivity (Wildman–Crippen MR) is 190 cm³/mol. The number of benzene rings is 3. The summed E-state index contributed by atoms with van der Waals surface area (Å²) in [5.41, 5.74) is 2.69. The van der Waals surface area contributed by atoms with Crippen LogP contribution in [0.15, 0.2) is 85.2 Å². The van der Waals surface area contributed by atoms with E-state index in [-0.39, 0.29) is 34.1 Å². The number of nitrogens with zero attached hydrogens (tertiary/aromatic N) is 3. The van der Waals surface area contributed by atoms with Gasteiger partial charge in [-0.15, -0.1) is 0 Å². The summed E-state index contributed by atoms with van der Waals surface area (Å²) >= 11 is 12.9. The van der Waals surface area contributed by atoms with Crippen LogP contribution in [0.2, 0.25) is 10.0 Å². The van der Waals surface area contributed by atoms with Crippen molar-refractivity contribution in [2.45, 2.75) is 37.5 Å². The molecular formula is C38H39Cl2N3O7. The SMILES string of the molecule is COc1ccc(C(Cc2c(Cl)c[n+]([O-])cc2Cl)OC(=O)c2cccc(N(C)C(C(=O)O[C@H]3CN4CCC3CC4)c3ccccc3)c2)cc1OC. The number of piperidine rings is 3. The highest BCUT2D eigenvalue weighted by Gasteiger charge is 2.39. The fourth-order valence-corrected chi connectivity index (χ4v) is 7.40. The Labute approximate surface area is 301 Å². The molecule has 3 aliphatic rings. The standard InChI is InChI=1S/C38H39Cl2N3O7/c1-41(36(25-8-5-4-6-9-25)38(45)50-35-23-42-16-14-24(35)15-17-42)28-11-7-10-27(18-28)37(44)49-33(20-29-30(39)21-43(46)22-31(29)40)26-12-13-32(47-2)34(19-26)48-3/h4-13,18-19,21-22,24,33,35-36H,14-17,20,23H2,1-3H3/t33?,35-,36?/m0/s1. The van der Waals surface area contributed by atoms with Gasteiger partial charge in [0.2, 0.25) is 0 Å². The van der Waals surface area contributed by atoms with Crippen molar-refractivity contribution < 1.29 is 33.3 Å². The first kappa shape index (κ1) is 35.3. The number of ether oxygens (including phenoxy) is 4. The molecule has 3 atom stereocenters. The minimum absolute atomic E-state index is 0.0703. The van der Waals surface area contributed by atoms with Crippen LogP contribution in [0.5, 0.6) is 11.5 Å². The van der Waals surface area contributed by atoms with Crippen molar-refractivity contribution in [3.63, 3.8) is 0 Å². The molecule has 0 spiro atoms. The third-order valence-corrected chi connectivity index (χ3v) is 10.2. The molecule has 7 rings (SSSR count). The van der Waals surface area contributed by atoms with Crippen LogP contribution in [0.1, 0.15) is 52.0 Å². The summed E-state index contributed by atoms with van der Waals surface area (Å²) in [6, 6.07) is 20.8. The Morgan fingerprint density at radius 2 is 1.62 bits per heavy atom. The molecule has 3 fully saturated rings. The van der Waals surface area contributed by atoms with Crippen LogP contribution < -0.4 is 19.1 Å². The van der Waals surface area contributed by atoms with Gasteiger partial charge in [0.15, 0.2) is 29.9 Å². The van der Waals surface area contributed by atoms with Gasteiger partial charge in [0, 0.05) is 31.3 Å². The summed E-state index contributed by atoms with van der Waals surface area (Å²) in [6.45, 7) is 2.84. The van der Waals surface area contributed by atoms with Crippen LogP contribution >= 0.6 is 23.2 Å². The van der Waals surface area contributed by atoms with Crippen LogP contribution in [0.3, 0.4) is 0 Å². The Bertz CT molecular complexity index is 1810. The monoisotopic (exact) mass is 719 g/mol. The fraction of sp³-hybridized carbons (Fsp3) is 0.342. The van der Waals surface area contributed by atoms with E-state index in [1.165, 1.54) is 26.6 Å². The van der Waals surface area contributed by atoms with Gasteiger partial charge in [-0.05, 0) is 73.3 Å². The lowest BCUT2D eigenvalue weighted by atomic mass is 9.86. The minimum Gasteiger partial charge on any atom is -0.619 e. The summed E-state index contributed by atoms with van der Waals surface area (Å²) in [6.07, 6.45) is 3.49. The number of fused-ring (bicyclic) bond motifs is 3. The summed E-state index contributed by atoms with van der Waals surface area (Å²) in [5.74, 6) is 0.349. The number of carbonyl (C=O) groups excluding carboxylic acids is 2. The molecule has 2 bridgehead atoms. The van der Waals surface area contributed by atoms with Crippen molar-refractivity contribution in [1.82, 2.24) is 4.90 Å². The van der Waals surface area contributed by atoms with Gasteiger partial charge >= 0.3 is 11.9 Å². The van der Waals surface area contributed by atoms with Gasteiger partial charge in [-0.1, -0.05) is 65.7 Å². The number of aromatic nitrogens is 1. The molecule has 4 aromatic rings. The Morgan fingerprint density at radius 3 is 2.26 bits per heavy atom. The van der Waals surface area contributed by atoms with Gasteiger partial charge in [-0.2, -0.15) is 4.73 Å². The lowest BCUT2D eigenvalue weighted by Crippen LogP contribution is -2.52. The zero-order valence-electron chi connectivity index (χ0n) is 28.1. The number of methoxy groups -OCH3 is 2. The van der Waals surface area contributed by atoms with Crippen LogP contribution in [-0.2, 0) is 20.7 Å². The maximum absolute atomic E-state index is 13.9. The lowest BCUT2D eigenvalue weighted by molar-refractivity contribution is -0.605. The summed E-state index contributed by atoms with van der Waals surface area (Å²) in [7, 11) is 4.85. The Morgan fingerprint density at radius 1 is 0.920 bits per heavy atom. The quantitative estimate of drug-likeness (QED) is 0.0910. The molecule has 0 amide bonds. The van der Waals surface area contributed by atoms with Gasteiger partial charge in [0.25, 0.3) is 0 Å². The third kappa shape index (κ3) is 7.78. The van der Waals surface area contributed by atoms with Crippen molar-refractivity contribution in [2.75, 3.05) is 45.8 Å². The average molecular weight is 721 g/mol. The van der Waals surface area contributed by atoms with Crippen LogP contribution in [0.25, 0.3) is 0 Å². The first-order valence-corrected chi connectivity index (χ1v) is 17.2. The number of rotatable bonds is 12. The first-order chi connectivity index (χ1) is 24.1. The molecule has 10 nitrogen and oxygen atoms in total. The largest absolute Gasteiger partial charge is 0.619 e. The zero-order chi connectivity index (χ0) is 35.4. The Kier molecular flexibility index (Phi) is 11.0. The van der Waals surface area contributed by atoms with E-state index < -0.39 is 18.1 Å². The van der Waals surface area contributed by atoms with E-state index in [9.17, 15) is 14.8 Å². The average Bonchev–Trinajstić information content (AvgIpc) is 3.13. The molecular weight excluding hydrogens is 681 g/mol. The Balaban J connectivity index is 1.28. The zero-order valence-corrected chi connectivity index (χ0v) is 29.6. The lowest BCUT2D eigenvalue weighted by Gasteiger charge is -2.44. The second-order valence-corrected chi connectivity index (χ2v) is 13.4. The number of halogens is 2. The molecule has 4 heterocycles. The fourth-order valence-electron chi connectivity index (χ4n) is 6.80. The summed E-state index contributed by atoms with van der Waals surface area (Å²) in [4.78, 5) is 32.0. The molecule has 0 radical (unpaired) electrons. The van der Waals surface area contributed by atoms with E-state index in [2.05, 4.69) is 4.90 Å². The van der Waals surface area contributed by atoms with E-state index in [0.29, 0.717) is 39.0 Å². The highest BCUT2D eigenvalue weighted by molar-refractivity contribution is 6.35. The van der Waals surface area contributed by atoms with E-state index >= 15 is 0 Å². The topological polar surface area (TPSA) is 104 Å². The molecule has 0 saturated carbocycles. The molecule has 262 valence electrons. The van der Waals surface area contributed by atoms with E-state index in [4.69, 9.17) is 42.1 Å². The van der Waals surface area contributed by atoms with Gasteiger partial charge in [0.05, 0.1) is 19.8 Å². The van der Waals surface area contributed by atoms with Crippen molar-refractivity contribution in [1.29, 1.82) is 0 Å². The van der Waals surface area contributed by atoms with Crippen molar-refractivity contribution >= 4 is 40.8 Å². The first-order valence-electron chi connectivity index (χ1n) is 16.5. The van der Waals surface area contributed by atoms with Gasteiger partial charge < -0.3 is 29.1 Å². The number of likely N-dealkylation sites (N-methyl/N-ethyl adjacent to an activating group) is 1. The molecule has 12 heteroatoms. The molecule has 0 aliphatic carbocycles. The van der Waals surface area contributed by atoms with E-state index in [1.54, 1.807) is 36.4 Å². The van der Waals surface area contributed by atoms with E-state index in [0.717, 1.165) is 38.0 Å². The van der Waals surface area contributed by atoms with Gasteiger partial charge in [-0.25, -0.2) is 9.59 Å². The maximum atomic E-state index is 13.9. The van der Waals surface area contributed by atoms with Crippen molar-refractivity contribution in [3.05, 3.63) is 123 Å². The molecule has 3 aromatic carbocycles. The normalized spacial score (nSPS) is 19.3. The number of hydrogen-bond donors (Lipinski definition) is 0. The number of anilines is 1. The highest BCUT2D eigenvalue weighted by atomic mass is 35.5. The summed E-state index contributed by atoms with van der Waals surface area (Å²) in [5, 5.41) is 12.2. The molecule has 3 saturated heterocycles. The van der Waals surface area contributed by atoms with Crippen LogP contribution in [-0.4, -0.2) is 63.8 Å². The third-order valence-electron chi connectivity index (χ3n) is 9.55. The molecule has 50 heavy (non-hydrogen) atoms. The molecule has 3 aliphatic heterocycles. The highest BCUT2D eigenvalue weighted by Crippen LogP contribution is 2.37. The molecule has 1 aromatic heterocycles. The number of carbonyl (C=O) groups is 2. The number of hydrogen-bond acceptors (Lipinski definition) is 9. The van der Waals surface area contributed by atoms with Gasteiger partial charge in [0.1, 0.15) is 22.3 Å². The smallest absolute Gasteiger partial charge is 0.338 e. The minimum atomic E-state index is -0.880. The second-order valence-electron chi connectivity index (χ2n) is 12.6. The van der Waals surface area contributed by atoms with Crippen molar-refractivity contribution in [2.24, 2.45) is 5.92 Å². The number of esters is 2. The second kappa shape index (κ2) is 15.6. The Hall–Kier alpha value is -4.51.